The van der Waals surface area contributed by atoms with Gasteiger partial charge in [-0.15, -0.1) is 17.7 Å². The van der Waals surface area contributed by atoms with Crippen molar-refractivity contribution in [1.29, 1.82) is 0 Å². The van der Waals surface area contributed by atoms with Gasteiger partial charge in [0.2, 0.25) is 0 Å². The summed E-state index contributed by atoms with van der Waals surface area (Å²) in [5, 5.41) is 9.34. The van der Waals surface area contributed by atoms with Crippen LogP contribution in [0.25, 0.3) is 22.3 Å². The van der Waals surface area contributed by atoms with E-state index in [9.17, 15) is 9.90 Å². The number of aliphatic hydroxyl groups is 1. The van der Waals surface area contributed by atoms with E-state index < -0.39 is 0 Å². The Morgan fingerprint density at radius 2 is 1.48 bits per heavy atom. The molecule has 0 atom stereocenters. The molecule has 0 aliphatic heterocycles. The van der Waals surface area contributed by atoms with Gasteiger partial charge in [0.15, 0.2) is 5.78 Å². The first kappa shape index (κ1) is 28.6. The Bertz CT molecular complexity index is 1000. The summed E-state index contributed by atoms with van der Waals surface area (Å²) in [6, 6.07) is 29.3. The topological polar surface area (TPSA) is 37.3 Å². The van der Waals surface area contributed by atoms with E-state index in [-0.39, 0.29) is 31.6 Å². The normalized spacial score (nSPS) is 10.9. The molecule has 3 heteroatoms. The second-order valence-corrected chi connectivity index (χ2v) is 8.93. The summed E-state index contributed by atoms with van der Waals surface area (Å²) in [7, 11) is 0. The van der Waals surface area contributed by atoms with E-state index >= 15 is 0 Å². The average molecular weight is 619 g/mol. The second kappa shape index (κ2) is 14.6. The van der Waals surface area contributed by atoms with Crippen molar-refractivity contribution in [2.45, 2.75) is 47.5 Å². The van der Waals surface area contributed by atoms with Crippen LogP contribution < -0.4 is 0 Å². The zero-order valence-electron chi connectivity index (χ0n) is 20.2. The summed E-state index contributed by atoms with van der Waals surface area (Å²) in [6.07, 6.45) is 2.46. The molecule has 3 aromatic rings. The van der Waals surface area contributed by atoms with Crippen molar-refractivity contribution in [1.82, 2.24) is 0 Å². The first-order valence-electron chi connectivity index (χ1n) is 11.2. The van der Waals surface area contributed by atoms with E-state index in [4.69, 9.17) is 0 Å². The van der Waals surface area contributed by atoms with Crippen LogP contribution in [0.5, 0.6) is 0 Å². The van der Waals surface area contributed by atoms with Gasteiger partial charge in [0.1, 0.15) is 0 Å². The van der Waals surface area contributed by atoms with Crippen LogP contribution in [0.2, 0.25) is 0 Å². The summed E-state index contributed by atoms with van der Waals surface area (Å²) in [5.41, 5.74) is 5.89. The average Bonchev–Trinajstić information content (AvgIpc) is 2.74. The summed E-state index contributed by atoms with van der Waals surface area (Å²) >= 11 is 0. The molecule has 0 saturated carbocycles. The number of hydrogen-bond donors (Lipinski definition) is 1. The maximum atomic E-state index is 11.2. The smallest absolute Gasteiger partial charge is 0.159 e. The van der Waals surface area contributed by atoms with Gasteiger partial charge < -0.3 is 5.11 Å². The molecule has 0 amide bonds. The molecule has 1 radical (unpaired) electrons. The van der Waals surface area contributed by atoms with Crippen molar-refractivity contribution < 1.29 is 30.0 Å². The third kappa shape index (κ3) is 10.8. The van der Waals surface area contributed by atoms with Crippen LogP contribution in [0, 0.1) is 30.9 Å². The van der Waals surface area contributed by atoms with E-state index in [1.165, 1.54) is 22.8 Å². The molecule has 0 aliphatic carbocycles. The predicted molar refractivity (Wildman–Crippen MR) is 134 cm³/mol. The van der Waals surface area contributed by atoms with Crippen LogP contribution in [0.3, 0.4) is 0 Å². The molecule has 2 nitrogen and oxygen atoms in total. The Hall–Kier alpha value is -2.48. The SMILES string of the molecule is CC(C)CC(=O)/C=C(\O)CC(C)C.Cc1ccc(-c2cc[c-]c(-c3[c-]cccc3)c2)cc1.[Ir]. The van der Waals surface area contributed by atoms with Gasteiger partial charge in [-0.1, -0.05) is 57.5 Å². The maximum Gasteiger partial charge on any atom is 0.159 e. The van der Waals surface area contributed by atoms with E-state index in [1.54, 1.807) is 0 Å². The van der Waals surface area contributed by atoms with Crippen molar-refractivity contribution in [2.75, 3.05) is 0 Å². The van der Waals surface area contributed by atoms with Crippen LogP contribution in [-0.2, 0) is 24.9 Å². The zero-order valence-corrected chi connectivity index (χ0v) is 22.6. The molecule has 0 saturated heterocycles. The number of ketones is 1. The van der Waals surface area contributed by atoms with Crippen molar-refractivity contribution in [3.8, 4) is 22.3 Å². The van der Waals surface area contributed by atoms with Crippen molar-refractivity contribution >= 4 is 5.78 Å². The minimum atomic E-state index is 0. The van der Waals surface area contributed by atoms with Crippen molar-refractivity contribution in [3.05, 3.63) is 96.3 Å². The summed E-state index contributed by atoms with van der Waals surface area (Å²) in [4.78, 5) is 11.2. The monoisotopic (exact) mass is 619 g/mol. The number of allylic oxidation sites excluding steroid dienone is 2. The van der Waals surface area contributed by atoms with Crippen LogP contribution in [0.1, 0.15) is 46.1 Å². The Morgan fingerprint density at radius 3 is 2.06 bits per heavy atom. The molecule has 0 spiro atoms. The summed E-state index contributed by atoms with van der Waals surface area (Å²) < 4.78 is 0. The van der Waals surface area contributed by atoms with E-state index in [1.807, 2.05) is 52.0 Å². The van der Waals surface area contributed by atoms with Crippen LogP contribution in [-0.4, -0.2) is 10.9 Å². The van der Waals surface area contributed by atoms with Crippen LogP contribution in [0.4, 0.5) is 0 Å². The molecule has 0 unspecified atom stereocenters. The number of carbonyl (C=O) groups excluding carboxylic acids is 1. The standard InChI is InChI=1S/C19H14.C11H20O2.Ir/c1-15-10-12-17(13-11-15)19-9-5-8-18(14-19)16-6-3-2-4-7-16;1-8(2)5-10(12)7-11(13)6-9(3)4;/h2-6,9-14H,1H3;7-9,12H,5-6H2,1-4H3;/q-2;;/b;10-7-;. The van der Waals surface area contributed by atoms with Gasteiger partial charge in [-0.2, -0.15) is 42.5 Å². The third-order valence-corrected chi connectivity index (χ3v) is 4.74. The van der Waals surface area contributed by atoms with Crippen LogP contribution in [0.15, 0.2) is 78.6 Å². The second-order valence-electron chi connectivity index (χ2n) is 8.93. The van der Waals surface area contributed by atoms with Gasteiger partial charge in [-0.25, -0.2) is 11.1 Å². The molecule has 3 aromatic carbocycles. The number of rotatable bonds is 7. The Morgan fingerprint density at radius 1 is 0.848 bits per heavy atom. The molecule has 177 valence electrons. The largest absolute Gasteiger partial charge is 0.512 e. The fourth-order valence-corrected chi connectivity index (χ4v) is 3.23. The molecule has 0 aliphatic rings. The molecular formula is C30H34IrO2-2. The molecular weight excluding hydrogens is 585 g/mol. The summed E-state index contributed by atoms with van der Waals surface area (Å²) in [5.74, 6) is 0.979. The van der Waals surface area contributed by atoms with E-state index in [2.05, 4.69) is 61.5 Å². The number of hydrogen-bond acceptors (Lipinski definition) is 2. The molecule has 0 aromatic heterocycles. The molecule has 0 fully saturated rings. The fourth-order valence-electron chi connectivity index (χ4n) is 3.23. The van der Waals surface area contributed by atoms with Crippen molar-refractivity contribution in [3.63, 3.8) is 0 Å². The van der Waals surface area contributed by atoms with Gasteiger partial charge in [0.25, 0.3) is 0 Å². The first-order valence-corrected chi connectivity index (χ1v) is 11.2. The Labute approximate surface area is 213 Å². The zero-order chi connectivity index (χ0) is 23.5. The van der Waals surface area contributed by atoms with Crippen LogP contribution >= 0.6 is 0 Å². The van der Waals surface area contributed by atoms with Gasteiger partial charge >= 0.3 is 0 Å². The van der Waals surface area contributed by atoms with Gasteiger partial charge in [-0.05, 0) is 24.3 Å². The summed E-state index contributed by atoms with van der Waals surface area (Å²) in [6.45, 7) is 10.1. The number of aryl methyl sites for hydroxylation is 1. The molecule has 3 rings (SSSR count). The van der Waals surface area contributed by atoms with Gasteiger partial charge in [-0.3, -0.25) is 4.79 Å². The van der Waals surface area contributed by atoms with Crippen molar-refractivity contribution in [2.24, 2.45) is 11.8 Å². The maximum absolute atomic E-state index is 11.2. The fraction of sp³-hybridized carbons (Fsp3) is 0.300. The van der Waals surface area contributed by atoms with Gasteiger partial charge in [0.05, 0.1) is 5.76 Å². The molecule has 1 N–H and O–H groups in total. The van der Waals surface area contributed by atoms with E-state index in [0.717, 1.165) is 11.1 Å². The minimum Gasteiger partial charge on any atom is -0.512 e. The van der Waals surface area contributed by atoms with E-state index in [0.29, 0.717) is 24.7 Å². The Kier molecular flexibility index (Phi) is 12.7. The number of aliphatic hydroxyl groups excluding tert-OH is 1. The molecule has 33 heavy (non-hydrogen) atoms. The minimum absolute atomic E-state index is 0. The molecule has 0 bridgehead atoms. The number of carbonyl (C=O) groups is 1. The number of benzene rings is 3. The molecule has 0 heterocycles. The quantitative estimate of drug-likeness (QED) is 0.165. The van der Waals surface area contributed by atoms with Gasteiger partial charge in [0, 0.05) is 39.0 Å². The Balaban J connectivity index is 0.000000346. The first-order chi connectivity index (χ1) is 15.2. The predicted octanol–water partition coefficient (Wildman–Crippen LogP) is 8.02. The third-order valence-electron chi connectivity index (χ3n) is 4.74.